The van der Waals surface area contributed by atoms with Crippen molar-refractivity contribution in [1.29, 1.82) is 0 Å². The average Bonchev–Trinajstić information content (AvgIpc) is 2.78. The normalized spacial score (nSPS) is 12.1. The molecule has 1 unspecified atom stereocenters. The molecule has 1 N–H and O–H groups in total. The molecule has 0 heterocycles. The van der Waals surface area contributed by atoms with Gasteiger partial charge in [-0.05, 0) is 47.0 Å². The second-order valence-electron chi connectivity index (χ2n) is 7.19. The zero-order valence-electron chi connectivity index (χ0n) is 16.4. The molecule has 0 aromatic heterocycles. The lowest BCUT2D eigenvalue weighted by molar-refractivity contribution is 0.302. The quantitative estimate of drug-likeness (QED) is 0.362. The molecule has 4 aromatic rings. The Morgan fingerprint density at radius 3 is 2.34 bits per heavy atom. The van der Waals surface area contributed by atoms with E-state index in [1.54, 1.807) is 0 Å². The van der Waals surface area contributed by atoms with E-state index in [-0.39, 0.29) is 6.04 Å². The molecule has 0 aliphatic carbocycles. The van der Waals surface area contributed by atoms with E-state index in [1.165, 1.54) is 21.9 Å². The predicted molar refractivity (Wildman–Crippen MR) is 121 cm³/mol. The minimum Gasteiger partial charge on any atom is -0.489 e. The summed E-state index contributed by atoms with van der Waals surface area (Å²) >= 11 is 5.99. The number of rotatable bonds is 7. The molecule has 0 saturated heterocycles. The maximum absolute atomic E-state index is 6.23. The number of hydrogen-bond acceptors (Lipinski definition) is 2. The monoisotopic (exact) mass is 401 g/mol. The molecule has 0 aliphatic rings. The summed E-state index contributed by atoms with van der Waals surface area (Å²) < 4.78 is 6.23. The van der Waals surface area contributed by atoms with Crippen LogP contribution in [0.1, 0.15) is 29.7 Å². The maximum atomic E-state index is 6.23. The van der Waals surface area contributed by atoms with Crippen molar-refractivity contribution in [2.45, 2.75) is 26.1 Å². The summed E-state index contributed by atoms with van der Waals surface area (Å²) in [7, 11) is 0. The molecule has 2 nitrogen and oxygen atoms in total. The van der Waals surface area contributed by atoms with Crippen molar-refractivity contribution in [3.05, 3.63) is 113 Å². The van der Waals surface area contributed by atoms with Crippen LogP contribution in [0.3, 0.4) is 0 Å². The summed E-state index contributed by atoms with van der Waals surface area (Å²) in [6, 6.07) is 31.2. The molecule has 0 saturated carbocycles. The third-order valence-corrected chi connectivity index (χ3v) is 5.44. The first kappa shape index (κ1) is 19.5. The highest BCUT2D eigenvalue weighted by atomic mass is 35.5. The summed E-state index contributed by atoms with van der Waals surface area (Å²) in [6.45, 7) is 3.43. The van der Waals surface area contributed by atoms with E-state index in [1.807, 2.05) is 30.3 Å². The van der Waals surface area contributed by atoms with Crippen molar-refractivity contribution in [2.75, 3.05) is 0 Å². The van der Waals surface area contributed by atoms with Crippen LogP contribution < -0.4 is 10.1 Å². The van der Waals surface area contributed by atoms with Crippen LogP contribution in [0.5, 0.6) is 5.75 Å². The first-order valence-electron chi connectivity index (χ1n) is 9.87. The van der Waals surface area contributed by atoms with Crippen LogP contribution in [0.25, 0.3) is 10.8 Å². The maximum Gasteiger partial charge on any atom is 0.124 e. The van der Waals surface area contributed by atoms with Gasteiger partial charge in [0.2, 0.25) is 0 Å². The van der Waals surface area contributed by atoms with Crippen LogP contribution in [0.15, 0.2) is 91.0 Å². The SMILES string of the molecule is CC(NCc1c(OCc2ccc(Cl)cc2)ccc2ccccc12)c1ccccc1. The van der Waals surface area contributed by atoms with Crippen LogP contribution in [0.2, 0.25) is 5.02 Å². The van der Waals surface area contributed by atoms with Crippen molar-refractivity contribution in [3.63, 3.8) is 0 Å². The number of ether oxygens (including phenoxy) is 1. The Hall–Kier alpha value is -2.81. The largest absolute Gasteiger partial charge is 0.489 e. The standard InChI is InChI=1S/C26H24ClNO/c1-19(21-7-3-2-4-8-21)28-17-25-24-10-6-5-9-22(24)13-16-26(25)29-18-20-11-14-23(27)15-12-20/h2-16,19,28H,17-18H2,1H3. The van der Waals surface area contributed by atoms with Crippen molar-refractivity contribution >= 4 is 22.4 Å². The second-order valence-corrected chi connectivity index (χ2v) is 7.63. The molecule has 0 radical (unpaired) electrons. The van der Waals surface area contributed by atoms with Crippen molar-refractivity contribution < 1.29 is 4.74 Å². The Kier molecular flexibility index (Phi) is 6.14. The van der Waals surface area contributed by atoms with Crippen LogP contribution in [-0.2, 0) is 13.2 Å². The molecular weight excluding hydrogens is 378 g/mol. The van der Waals surface area contributed by atoms with Gasteiger partial charge in [0.25, 0.3) is 0 Å². The Morgan fingerprint density at radius 1 is 0.828 bits per heavy atom. The van der Waals surface area contributed by atoms with Crippen LogP contribution in [-0.4, -0.2) is 0 Å². The number of fused-ring (bicyclic) bond motifs is 1. The van der Waals surface area contributed by atoms with E-state index in [2.05, 4.69) is 72.9 Å². The van der Waals surface area contributed by atoms with E-state index in [0.717, 1.165) is 22.9 Å². The van der Waals surface area contributed by atoms with Crippen LogP contribution >= 0.6 is 11.6 Å². The highest BCUT2D eigenvalue weighted by Crippen LogP contribution is 2.29. The van der Waals surface area contributed by atoms with Crippen LogP contribution in [0.4, 0.5) is 0 Å². The fourth-order valence-electron chi connectivity index (χ4n) is 3.49. The summed E-state index contributed by atoms with van der Waals surface area (Å²) in [5, 5.41) is 6.83. The van der Waals surface area contributed by atoms with E-state index in [4.69, 9.17) is 16.3 Å². The molecule has 29 heavy (non-hydrogen) atoms. The van der Waals surface area contributed by atoms with Gasteiger partial charge in [-0.15, -0.1) is 0 Å². The first-order valence-corrected chi connectivity index (χ1v) is 10.2. The molecule has 4 aromatic carbocycles. The Labute approximate surface area is 177 Å². The van der Waals surface area contributed by atoms with Gasteiger partial charge in [-0.1, -0.05) is 84.4 Å². The number of nitrogens with one attached hydrogen (secondary N) is 1. The van der Waals surface area contributed by atoms with Gasteiger partial charge in [-0.25, -0.2) is 0 Å². The fraction of sp³-hybridized carbons (Fsp3) is 0.154. The molecular formula is C26H24ClNO. The van der Waals surface area contributed by atoms with Crippen molar-refractivity contribution in [3.8, 4) is 5.75 Å². The number of benzene rings is 4. The highest BCUT2D eigenvalue weighted by molar-refractivity contribution is 6.30. The Bertz CT molecular complexity index is 1080. The highest BCUT2D eigenvalue weighted by Gasteiger charge is 2.12. The van der Waals surface area contributed by atoms with E-state index >= 15 is 0 Å². The summed E-state index contributed by atoms with van der Waals surface area (Å²) in [5.41, 5.74) is 3.55. The first-order chi connectivity index (χ1) is 14.2. The van der Waals surface area contributed by atoms with Gasteiger partial charge in [-0.3, -0.25) is 0 Å². The van der Waals surface area contributed by atoms with Gasteiger partial charge in [0, 0.05) is 23.2 Å². The third-order valence-electron chi connectivity index (χ3n) is 5.19. The third kappa shape index (κ3) is 4.79. The van der Waals surface area contributed by atoms with Gasteiger partial charge in [0.15, 0.2) is 0 Å². The molecule has 0 amide bonds. The number of hydrogen-bond donors (Lipinski definition) is 1. The lowest BCUT2D eigenvalue weighted by Gasteiger charge is -2.18. The summed E-state index contributed by atoms with van der Waals surface area (Å²) in [4.78, 5) is 0. The van der Waals surface area contributed by atoms with Crippen molar-refractivity contribution in [2.24, 2.45) is 0 Å². The van der Waals surface area contributed by atoms with Gasteiger partial charge in [0.05, 0.1) is 0 Å². The van der Waals surface area contributed by atoms with Gasteiger partial charge < -0.3 is 10.1 Å². The zero-order chi connectivity index (χ0) is 20.1. The smallest absolute Gasteiger partial charge is 0.124 e. The zero-order valence-corrected chi connectivity index (χ0v) is 17.2. The molecule has 0 aliphatic heterocycles. The second kappa shape index (κ2) is 9.13. The van der Waals surface area contributed by atoms with Crippen molar-refractivity contribution in [1.82, 2.24) is 5.32 Å². The summed E-state index contributed by atoms with van der Waals surface area (Å²) in [5.74, 6) is 0.909. The topological polar surface area (TPSA) is 21.3 Å². The molecule has 3 heteroatoms. The lowest BCUT2D eigenvalue weighted by atomic mass is 10.0. The fourth-order valence-corrected chi connectivity index (χ4v) is 3.62. The van der Waals surface area contributed by atoms with E-state index in [0.29, 0.717) is 6.61 Å². The average molecular weight is 402 g/mol. The molecule has 1 atom stereocenters. The van der Waals surface area contributed by atoms with Crippen LogP contribution in [0, 0.1) is 0 Å². The molecule has 146 valence electrons. The van der Waals surface area contributed by atoms with E-state index in [9.17, 15) is 0 Å². The predicted octanol–water partition coefficient (Wildman–Crippen LogP) is 6.92. The minimum atomic E-state index is 0.249. The Balaban J connectivity index is 1.57. The Morgan fingerprint density at radius 2 is 1.55 bits per heavy atom. The molecule has 0 bridgehead atoms. The van der Waals surface area contributed by atoms with Gasteiger partial charge in [0.1, 0.15) is 12.4 Å². The lowest BCUT2D eigenvalue weighted by Crippen LogP contribution is -2.18. The molecule has 0 spiro atoms. The number of halogens is 1. The van der Waals surface area contributed by atoms with Gasteiger partial charge >= 0.3 is 0 Å². The van der Waals surface area contributed by atoms with Gasteiger partial charge in [-0.2, -0.15) is 0 Å². The van der Waals surface area contributed by atoms with E-state index < -0.39 is 0 Å². The molecule has 4 rings (SSSR count). The minimum absolute atomic E-state index is 0.249. The molecule has 0 fully saturated rings. The summed E-state index contributed by atoms with van der Waals surface area (Å²) in [6.07, 6.45) is 0.